The average molecular weight is 354 g/mol. The third-order valence-electron chi connectivity index (χ3n) is 3.89. The molecule has 8 heteroatoms. The van der Waals surface area contributed by atoms with Crippen LogP contribution in [0.3, 0.4) is 0 Å². The molecule has 1 saturated heterocycles. The molecule has 0 spiro atoms. The molecule has 0 aromatic carbocycles. The lowest BCUT2D eigenvalue weighted by molar-refractivity contribution is -0.143. The number of nitrogens with zero attached hydrogens (tertiary/aromatic N) is 2. The number of amides is 1. The minimum absolute atomic E-state index is 0. The van der Waals surface area contributed by atoms with Crippen molar-refractivity contribution in [3.05, 3.63) is 0 Å². The fourth-order valence-corrected chi connectivity index (χ4v) is 2.93. The highest BCUT2D eigenvalue weighted by molar-refractivity contribution is 7.98. The zero-order chi connectivity index (χ0) is 15.8. The second kappa shape index (κ2) is 11.1. The Balaban J connectivity index is 0.00000441. The topological polar surface area (TPSA) is 75.9 Å². The Morgan fingerprint density at radius 1 is 1.27 bits per heavy atom. The molecule has 1 heterocycles. The molecular formula is C14H28ClN3O3S. The van der Waals surface area contributed by atoms with Crippen LogP contribution in [0.2, 0.25) is 0 Å². The van der Waals surface area contributed by atoms with E-state index in [-0.39, 0.29) is 30.3 Å². The highest BCUT2D eigenvalue weighted by Gasteiger charge is 2.27. The quantitative estimate of drug-likeness (QED) is 0.675. The van der Waals surface area contributed by atoms with Crippen molar-refractivity contribution in [2.24, 2.45) is 5.73 Å². The first-order chi connectivity index (χ1) is 9.99. The number of hydrogen-bond donors (Lipinski definition) is 1. The van der Waals surface area contributed by atoms with E-state index in [2.05, 4.69) is 4.90 Å². The van der Waals surface area contributed by atoms with Gasteiger partial charge in [0.15, 0.2) is 0 Å². The molecule has 0 aromatic heterocycles. The van der Waals surface area contributed by atoms with Gasteiger partial charge in [0.25, 0.3) is 0 Å². The maximum Gasteiger partial charge on any atom is 0.307 e. The Kier molecular flexibility index (Phi) is 10.8. The van der Waals surface area contributed by atoms with Gasteiger partial charge in [0.05, 0.1) is 19.6 Å². The zero-order valence-corrected chi connectivity index (χ0v) is 15.3. The van der Waals surface area contributed by atoms with E-state index < -0.39 is 6.04 Å². The van der Waals surface area contributed by atoms with Crippen LogP contribution < -0.4 is 5.73 Å². The summed E-state index contributed by atoms with van der Waals surface area (Å²) in [6, 6.07) is -0.253. The normalized spacial score (nSPS) is 18.3. The predicted octanol–water partition coefficient (Wildman–Crippen LogP) is 0.584. The van der Waals surface area contributed by atoms with Gasteiger partial charge in [0.1, 0.15) is 0 Å². The predicted molar refractivity (Wildman–Crippen MR) is 92.5 cm³/mol. The first kappa shape index (κ1) is 21.5. The van der Waals surface area contributed by atoms with Crippen LogP contribution in [0, 0.1) is 0 Å². The fraction of sp³-hybridized carbons (Fsp3) is 0.857. The van der Waals surface area contributed by atoms with Crippen molar-refractivity contribution < 1.29 is 14.3 Å². The Morgan fingerprint density at radius 2 is 1.86 bits per heavy atom. The summed E-state index contributed by atoms with van der Waals surface area (Å²) in [5.74, 6) is 0.757. The molecule has 1 aliphatic heterocycles. The van der Waals surface area contributed by atoms with E-state index in [1.54, 1.807) is 11.8 Å². The summed E-state index contributed by atoms with van der Waals surface area (Å²) in [6.07, 6.45) is 3.12. The van der Waals surface area contributed by atoms with Crippen LogP contribution in [-0.4, -0.2) is 79.1 Å². The summed E-state index contributed by atoms with van der Waals surface area (Å²) in [4.78, 5) is 27.6. The van der Waals surface area contributed by atoms with Crippen molar-refractivity contribution in [3.63, 3.8) is 0 Å². The molecule has 2 N–H and O–H groups in total. The molecule has 6 nitrogen and oxygen atoms in total. The second-order valence-corrected chi connectivity index (χ2v) is 6.36. The van der Waals surface area contributed by atoms with Gasteiger partial charge in [-0.3, -0.25) is 14.5 Å². The summed E-state index contributed by atoms with van der Waals surface area (Å²) in [5.41, 5.74) is 5.93. The lowest BCUT2D eigenvalue weighted by atomic mass is 10.1. The number of halogens is 1. The summed E-state index contributed by atoms with van der Waals surface area (Å²) < 4.78 is 4.69. The Hall–Kier alpha value is -0.500. The molecule has 0 aromatic rings. The molecular weight excluding hydrogens is 326 g/mol. The fourth-order valence-electron chi connectivity index (χ4n) is 2.44. The lowest BCUT2D eigenvalue weighted by Gasteiger charge is -2.38. The van der Waals surface area contributed by atoms with E-state index in [9.17, 15) is 9.59 Å². The lowest BCUT2D eigenvalue weighted by Crippen LogP contribution is -2.55. The summed E-state index contributed by atoms with van der Waals surface area (Å²) >= 11 is 1.70. The third kappa shape index (κ3) is 6.73. The molecule has 0 bridgehead atoms. The van der Waals surface area contributed by atoms with Gasteiger partial charge in [-0.2, -0.15) is 11.8 Å². The maximum absolute atomic E-state index is 12.2. The molecule has 0 radical (unpaired) electrons. The van der Waals surface area contributed by atoms with Crippen molar-refractivity contribution in [2.45, 2.75) is 31.8 Å². The Labute approximate surface area is 143 Å². The molecule has 22 heavy (non-hydrogen) atoms. The van der Waals surface area contributed by atoms with Crippen LogP contribution >= 0.6 is 24.2 Å². The Morgan fingerprint density at radius 3 is 2.36 bits per heavy atom. The standard InChI is InChI=1S/C14H27N3O3S.ClH/c1-11(10-13(18)20-2)16-5-7-17(8-6-16)14(19)12(15)4-9-21-3;/h11-12H,4-10,15H2,1-3H3;1H. The number of esters is 1. The number of methoxy groups -OCH3 is 1. The highest BCUT2D eigenvalue weighted by atomic mass is 35.5. The van der Waals surface area contributed by atoms with Crippen molar-refractivity contribution in [2.75, 3.05) is 45.3 Å². The van der Waals surface area contributed by atoms with E-state index in [0.717, 1.165) is 25.3 Å². The van der Waals surface area contributed by atoms with Gasteiger partial charge in [-0.15, -0.1) is 12.4 Å². The smallest absolute Gasteiger partial charge is 0.307 e. The number of thioether (sulfide) groups is 1. The van der Waals surface area contributed by atoms with E-state index in [1.165, 1.54) is 7.11 Å². The molecule has 1 aliphatic rings. The number of ether oxygens (including phenoxy) is 1. The van der Waals surface area contributed by atoms with Gasteiger partial charge < -0.3 is 15.4 Å². The van der Waals surface area contributed by atoms with E-state index >= 15 is 0 Å². The highest BCUT2D eigenvalue weighted by Crippen LogP contribution is 2.11. The second-order valence-electron chi connectivity index (χ2n) is 5.38. The molecule has 1 fully saturated rings. The SMILES string of the molecule is COC(=O)CC(C)N1CCN(C(=O)C(N)CCSC)CC1.Cl. The molecule has 130 valence electrons. The summed E-state index contributed by atoms with van der Waals surface area (Å²) in [7, 11) is 1.40. The molecule has 1 amide bonds. The van der Waals surface area contributed by atoms with Crippen LogP contribution in [0.25, 0.3) is 0 Å². The number of hydrogen-bond acceptors (Lipinski definition) is 6. The van der Waals surface area contributed by atoms with Gasteiger partial charge >= 0.3 is 5.97 Å². The molecule has 0 saturated carbocycles. The van der Waals surface area contributed by atoms with Gasteiger partial charge in [0, 0.05) is 32.2 Å². The van der Waals surface area contributed by atoms with Crippen molar-refractivity contribution in [1.82, 2.24) is 9.80 Å². The molecule has 2 unspecified atom stereocenters. The van der Waals surface area contributed by atoms with E-state index in [1.807, 2.05) is 18.1 Å². The first-order valence-corrected chi connectivity index (χ1v) is 8.73. The molecule has 0 aliphatic carbocycles. The maximum atomic E-state index is 12.2. The number of rotatable bonds is 7. The van der Waals surface area contributed by atoms with Crippen LogP contribution in [0.4, 0.5) is 0 Å². The number of piperazine rings is 1. The van der Waals surface area contributed by atoms with Gasteiger partial charge in [-0.05, 0) is 25.4 Å². The van der Waals surface area contributed by atoms with Crippen LogP contribution in [0.15, 0.2) is 0 Å². The minimum atomic E-state index is -0.392. The van der Waals surface area contributed by atoms with Crippen molar-refractivity contribution in [1.29, 1.82) is 0 Å². The largest absolute Gasteiger partial charge is 0.469 e. The van der Waals surface area contributed by atoms with Crippen LogP contribution in [0.1, 0.15) is 19.8 Å². The number of carbonyl (C=O) groups is 2. The van der Waals surface area contributed by atoms with Crippen molar-refractivity contribution >= 4 is 36.0 Å². The van der Waals surface area contributed by atoms with Gasteiger partial charge in [-0.25, -0.2) is 0 Å². The molecule has 1 rings (SSSR count). The third-order valence-corrected chi connectivity index (χ3v) is 4.53. The average Bonchev–Trinajstić information content (AvgIpc) is 2.51. The monoisotopic (exact) mass is 353 g/mol. The summed E-state index contributed by atoms with van der Waals surface area (Å²) in [5, 5.41) is 0. The number of nitrogens with two attached hydrogens (primary N) is 1. The minimum Gasteiger partial charge on any atom is -0.469 e. The van der Waals surface area contributed by atoms with E-state index in [4.69, 9.17) is 10.5 Å². The molecule has 2 atom stereocenters. The first-order valence-electron chi connectivity index (χ1n) is 7.33. The van der Waals surface area contributed by atoms with Gasteiger partial charge in [-0.1, -0.05) is 0 Å². The van der Waals surface area contributed by atoms with E-state index in [0.29, 0.717) is 19.5 Å². The number of carbonyl (C=O) groups excluding carboxylic acids is 2. The van der Waals surface area contributed by atoms with Crippen molar-refractivity contribution in [3.8, 4) is 0 Å². The summed E-state index contributed by atoms with van der Waals surface area (Å²) in [6.45, 7) is 4.92. The van der Waals surface area contributed by atoms with Gasteiger partial charge in [0.2, 0.25) is 5.91 Å². The zero-order valence-electron chi connectivity index (χ0n) is 13.6. The Bertz CT molecular complexity index is 352. The van der Waals surface area contributed by atoms with Crippen LogP contribution in [-0.2, 0) is 14.3 Å². The van der Waals surface area contributed by atoms with Crippen LogP contribution in [0.5, 0.6) is 0 Å².